The Morgan fingerprint density at radius 3 is 1.11 bits per heavy atom. The zero-order chi connectivity index (χ0) is 90.4. The molecular formula is C75H133N5O41S2. The average molecular weight is 1830 g/mol. The number of ether oxygens (including phenoxy) is 16. The van der Waals surface area contributed by atoms with Crippen molar-refractivity contribution in [3.63, 3.8) is 0 Å². The van der Waals surface area contributed by atoms with Crippen molar-refractivity contribution in [2.75, 3.05) is 158 Å². The summed E-state index contributed by atoms with van der Waals surface area (Å²) in [5.41, 5.74) is 0. The van der Waals surface area contributed by atoms with E-state index < -0.39 is 168 Å². The second-order valence-corrected chi connectivity index (χ2v) is 31.7. The van der Waals surface area contributed by atoms with Gasteiger partial charge in [0.25, 0.3) is 0 Å². The lowest BCUT2D eigenvalue weighted by atomic mass is 9.91. The van der Waals surface area contributed by atoms with E-state index in [1.807, 2.05) is 0 Å². The molecule has 0 saturated carbocycles. The SMILES string of the molecule is CC1C(OC2C(C(=O)O)OC(OC3C(COS(=O)(=O)O)OC(OC4C(C(=O)O)OC(OCCCCCCNC(=O)CCOCCOCCOCCNC(=O)CCCCCCCNC(=O)CCOCCCOCCC(=O)NCCCCCCCC(=O)NCCOCCOCCOCCC=O)C(O)C4O)C(C)C3O)C(O)C2O)OC(COS(=O)(=O)O)C(O)C1O. The first-order chi connectivity index (χ1) is 58.8. The predicted molar refractivity (Wildman–Crippen MR) is 420 cm³/mol. The van der Waals surface area contributed by atoms with Crippen LogP contribution in [0.3, 0.4) is 0 Å². The zero-order valence-corrected chi connectivity index (χ0v) is 71.6. The molecule has 4 fully saturated rings. The van der Waals surface area contributed by atoms with Crippen LogP contribution in [0.25, 0.3) is 0 Å². The van der Waals surface area contributed by atoms with Gasteiger partial charge in [-0.05, 0) is 44.9 Å². The third-order valence-electron chi connectivity index (χ3n) is 19.7. The summed E-state index contributed by atoms with van der Waals surface area (Å²) in [7, 11) is -10.4. The predicted octanol–water partition coefficient (Wildman–Crippen LogP) is -3.23. The minimum Gasteiger partial charge on any atom is -0.479 e. The molecule has 5 amide bonds. The second kappa shape index (κ2) is 63.7. The minimum atomic E-state index is -5.32. The van der Waals surface area contributed by atoms with Crippen LogP contribution in [0.1, 0.15) is 149 Å². The van der Waals surface area contributed by atoms with E-state index in [-0.39, 0.29) is 75.2 Å². The van der Waals surface area contributed by atoms with Crippen LogP contribution in [0.15, 0.2) is 0 Å². The van der Waals surface area contributed by atoms with E-state index in [9.17, 15) is 106 Å². The molecule has 20 atom stereocenters. The van der Waals surface area contributed by atoms with Crippen LogP contribution < -0.4 is 26.6 Å². The van der Waals surface area contributed by atoms with E-state index in [1.54, 1.807) is 0 Å². The van der Waals surface area contributed by atoms with Gasteiger partial charge in [-0.2, -0.15) is 16.8 Å². The molecule has 716 valence electrons. The van der Waals surface area contributed by atoms with Crippen molar-refractivity contribution in [1.82, 2.24) is 26.6 Å². The molecule has 0 radical (unpaired) electrons. The van der Waals surface area contributed by atoms with Crippen LogP contribution in [0.2, 0.25) is 0 Å². The fraction of sp³-hybridized carbons (Fsp3) is 0.893. The third kappa shape index (κ3) is 47.1. The van der Waals surface area contributed by atoms with E-state index in [0.29, 0.717) is 170 Å². The van der Waals surface area contributed by atoms with Gasteiger partial charge in [0.1, 0.15) is 67.3 Å². The molecule has 123 heavy (non-hydrogen) atoms. The Bertz CT molecular complexity index is 3180. The number of carboxylic acid groups (broad SMARTS) is 2. The van der Waals surface area contributed by atoms with E-state index in [0.717, 1.165) is 70.5 Å². The molecule has 4 aliphatic rings. The van der Waals surface area contributed by atoms with Crippen LogP contribution in [0.4, 0.5) is 0 Å². The highest BCUT2D eigenvalue weighted by Gasteiger charge is 2.57. The molecule has 16 N–H and O–H groups in total. The maximum Gasteiger partial charge on any atom is 0.397 e. The van der Waals surface area contributed by atoms with Crippen molar-refractivity contribution in [3.05, 3.63) is 0 Å². The number of rotatable bonds is 72. The standard InChI is InChI=1S/C75H133N5O41S2/c1-49-58(87)60(89)51(47-113-122(98,99)100)115-72(49)118-67-62(91)64(93)75(121-69(67)71(96)97)117-65-52(48-114-123(101,102)103)116-73(50(2)59(65)88)119-66-61(90)63(92)74(120-68(66)70(94)95)112-33-16-10-9-15-26-78-57(86)23-36-107-40-44-111-46-42-109-38-28-80-54(83)20-12-6-4-8-14-25-77-56(85)22-35-105-32-18-31-104-34-21-55(84)76-24-13-7-3-5-11-19-53(82)79-27-37-108-41-45-110-43-39-106-30-17-29-81/h29,49-52,58-69,72-75,87-93H,3-28,30-48H2,1-2H3,(H,76,84)(H,77,85)(H,78,86)(H,79,82)(H,80,83)(H,94,95)(H,96,97)(H,98,99,100)(H,101,102,103). The molecule has 0 aromatic rings. The summed E-state index contributed by atoms with van der Waals surface area (Å²) >= 11 is 0. The monoisotopic (exact) mass is 1820 g/mol. The number of aldehydes is 1. The van der Waals surface area contributed by atoms with Gasteiger partial charge in [-0.25, -0.2) is 18.0 Å². The Labute approximate surface area is 716 Å². The van der Waals surface area contributed by atoms with E-state index in [4.69, 9.17) is 80.3 Å². The lowest BCUT2D eigenvalue weighted by Crippen LogP contribution is -2.66. The maximum absolute atomic E-state index is 12.6. The first kappa shape index (κ1) is 110. The van der Waals surface area contributed by atoms with Crippen molar-refractivity contribution < 1.29 is 194 Å². The van der Waals surface area contributed by atoms with Crippen molar-refractivity contribution in [3.8, 4) is 0 Å². The highest BCUT2D eigenvalue weighted by molar-refractivity contribution is 7.81. The highest BCUT2D eigenvalue weighted by Crippen LogP contribution is 2.38. The molecule has 0 aliphatic carbocycles. The molecular weight excluding hydrogens is 1690 g/mol. The van der Waals surface area contributed by atoms with E-state index in [2.05, 4.69) is 35.0 Å². The molecule has 0 aromatic heterocycles. The number of aliphatic carboxylic acids is 2. The van der Waals surface area contributed by atoms with Crippen molar-refractivity contribution >= 4 is 68.6 Å². The Morgan fingerprint density at radius 1 is 0.325 bits per heavy atom. The van der Waals surface area contributed by atoms with E-state index >= 15 is 0 Å². The van der Waals surface area contributed by atoms with Gasteiger partial charge in [-0.15, -0.1) is 0 Å². The van der Waals surface area contributed by atoms with Gasteiger partial charge in [-0.1, -0.05) is 65.2 Å². The van der Waals surface area contributed by atoms with Crippen LogP contribution in [-0.4, -0.2) is 389 Å². The van der Waals surface area contributed by atoms with Crippen molar-refractivity contribution in [1.29, 1.82) is 0 Å². The largest absolute Gasteiger partial charge is 0.479 e. The van der Waals surface area contributed by atoms with Crippen LogP contribution >= 0.6 is 0 Å². The molecule has 48 heteroatoms. The summed E-state index contributed by atoms with van der Waals surface area (Å²) in [5, 5.41) is 112. The normalized spacial score (nSPS) is 26.8. The fourth-order valence-electron chi connectivity index (χ4n) is 12.8. The zero-order valence-electron chi connectivity index (χ0n) is 69.9. The quantitative estimate of drug-likeness (QED) is 0.0162. The molecule has 4 aliphatic heterocycles. The Hall–Kier alpha value is -5.22. The van der Waals surface area contributed by atoms with Crippen molar-refractivity contribution in [2.24, 2.45) is 11.8 Å². The van der Waals surface area contributed by atoms with Crippen molar-refractivity contribution in [2.45, 2.75) is 259 Å². The summed E-state index contributed by atoms with van der Waals surface area (Å²) < 4.78 is 162. The highest BCUT2D eigenvalue weighted by atomic mass is 32.3. The Morgan fingerprint density at radius 2 is 0.667 bits per heavy atom. The van der Waals surface area contributed by atoms with Gasteiger partial charge in [0.2, 0.25) is 29.5 Å². The number of hydrogen-bond acceptors (Lipinski definition) is 37. The molecule has 0 aromatic carbocycles. The molecule has 4 heterocycles. The summed E-state index contributed by atoms with van der Waals surface area (Å²) in [6, 6.07) is 0. The average Bonchev–Trinajstić information content (AvgIpc) is 0.772. The number of hydrogen-bond donors (Lipinski definition) is 16. The molecule has 4 saturated heterocycles. The number of amides is 5. The summed E-state index contributed by atoms with van der Waals surface area (Å²) in [5.74, 6) is -6.75. The van der Waals surface area contributed by atoms with Gasteiger partial charge < -0.3 is 153 Å². The molecule has 20 unspecified atom stereocenters. The Kier molecular flexibility index (Phi) is 57.0. The first-order valence-electron chi connectivity index (χ1n) is 41.9. The molecule has 46 nitrogen and oxygen atoms in total. The summed E-state index contributed by atoms with van der Waals surface area (Å²) in [4.78, 5) is 96.4. The maximum atomic E-state index is 12.6. The smallest absolute Gasteiger partial charge is 0.397 e. The number of carbonyl (C=O) groups excluding carboxylic acids is 6. The van der Waals surface area contributed by atoms with E-state index in [1.165, 1.54) is 13.8 Å². The van der Waals surface area contributed by atoms with Gasteiger partial charge in [0.05, 0.1) is 118 Å². The lowest BCUT2D eigenvalue weighted by Gasteiger charge is -2.49. The van der Waals surface area contributed by atoms with Crippen LogP contribution in [-0.2, 0) is 143 Å². The lowest BCUT2D eigenvalue weighted by molar-refractivity contribution is -0.376. The molecule has 0 bridgehead atoms. The summed E-state index contributed by atoms with van der Waals surface area (Å²) in [6.07, 6.45) is -22.0. The number of nitrogens with one attached hydrogen (secondary N) is 5. The van der Waals surface area contributed by atoms with Gasteiger partial charge in [-0.3, -0.25) is 33.1 Å². The molecule has 4 rings (SSSR count). The first-order valence-corrected chi connectivity index (χ1v) is 44.6. The number of carbonyl (C=O) groups is 8. The topological polar surface area (TPSA) is 654 Å². The van der Waals surface area contributed by atoms with Gasteiger partial charge >= 0.3 is 32.7 Å². The number of carboxylic acids is 2. The number of unbranched alkanes of at least 4 members (excludes halogenated alkanes) is 11. The minimum absolute atomic E-state index is 0.00128. The van der Waals surface area contributed by atoms with Gasteiger partial charge in [0, 0.05) is 103 Å². The third-order valence-corrected chi connectivity index (χ3v) is 20.6. The number of aliphatic hydroxyl groups excluding tert-OH is 7. The molecule has 0 spiro atoms. The second-order valence-electron chi connectivity index (χ2n) is 29.5. The fourth-order valence-corrected chi connectivity index (χ4v) is 13.4. The summed E-state index contributed by atoms with van der Waals surface area (Å²) in [6.45, 7) is 7.94. The van der Waals surface area contributed by atoms with Crippen LogP contribution in [0.5, 0.6) is 0 Å². The number of aliphatic hydroxyl groups is 7. The van der Waals surface area contributed by atoms with Gasteiger partial charge in [0.15, 0.2) is 37.4 Å². The van der Waals surface area contributed by atoms with Crippen LogP contribution in [0, 0.1) is 11.8 Å². The Balaban J connectivity index is 0.926.